The molecule has 2 N–H and O–H groups in total. The first-order chi connectivity index (χ1) is 9.61. The van der Waals surface area contributed by atoms with Gasteiger partial charge in [-0.05, 0) is 58.7 Å². The number of pyridine rings is 1. The van der Waals surface area contributed by atoms with Gasteiger partial charge in [-0.3, -0.25) is 4.40 Å². The summed E-state index contributed by atoms with van der Waals surface area (Å²) in [7, 11) is 1.67. The van der Waals surface area contributed by atoms with Gasteiger partial charge < -0.3 is 10.5 Å². The maximum Gasteiger partial charge on any atom is 0.153 e. The zero-order valence-corrected chi connectivity index (χ0v) is 12.8. The van der Waals surface area contributed by atoms with E-state index < -0.39 is 0 Å². The number of halogens is 1. The molecule has 0 saturated heterocycles. The van der Waals surface area contributed by atoms with Gasteiger partial charge in [-0.1, -0.05) is 0 Å². The third kappa shape index (κ3) is 1.94. The number of nitrogen functional groups attached to an aromatic ring is 1. The highest BCUT2D eigenvalue weighted by molar-refractivity contribution is 9.10. The summed E-state index contributed by atoms with van der Waals surface area (Å²) in [6.07, 6.45) is 1.91. The highest BCUT2D eigenvalue weighted by Gasteiger charge is 2.13. The van der Waals surface area contributed by atoms with Crippen molar-refractivity contribution in [3.63, 3.8) is 0 Å². The summed E-state index contributed by atoms with van der Waals surface area (Å²) in [6, 6.07) is 9.81. The Bertz CT molecular complexity index is 795. The molecule has 0 saturated carbocycles. The van der Waals surface area contributed by atoms with Crippen LogP contribution in [-0.4, -0.2) is 16.5 Å². The van der Waals surface area contributed by atoms with Crippen LogP contribution in [0.5, 0.6) is 5.75 Å². The van der Waals surface area contributed by atoms with E-state index in [4.69, 9.17) is 10.5 Å². The molecule has 0 aliphatic carbocycles. The van der Waals surface area contributed by atoms with Crippen LogP contribution in [0, 0.1) is 6.92 Å². The summed E-state index contributed by atoms with van der Waals surface area (Å²) < 4.78 is 8.07. The molecule has 0 fully saturated rings. The first-order valence-corrected chi connectivity index (χ1v) is 6.98. The second-order valence-corrected chi connectivity index (χ2v) is 5.43. The number of hydrogen-bond acceptors (Lipinski definition) is 3. The Labute approximate surface area is 125 Å². The molecule has 4 nitrogen and oxygen atoms in total. The second-order valence-electron chi connectivity index (χ2n) is 4.58. The van der Waals surface area contributed by atoms with Crippen LogP contribution < -0.4 is 10.5 Å². The lowest BCUT2D eigenvalue weighted by atomic mass is 10.1. The first-order valence-electron chi connectivity index (χ1n) is 6.19. The van der Waals surface area contributed by atoms with Crippen molar-refractivity contribution in [3.8, 4) is 17.0 Å². The Morgan fingerprint density at radius 1 is 1.30 bits per heavy atom. The minimum absolute atomic E-state index is 0.630. The molecule has 5 heteroatoms. The van der Waals surface area contributed by atoms with E-state index in [0.29, 0.717) is 5.82 Å². The fraction of sp³-hybridized carbons (Fsp3) is 0.133. The molecule has 0 aliphatic heterocycles. The Hall–Kier alpha value is -2.01. The normalized spacial score (nSPS) is 10.9. The molecule has 0 amide bonds. The van der Waals surface area contributed by atoms with Crippen LogP contribution in [0.15, 0.2) is 41.0 Å². The van der Waals surface area contributed by atoms with Crippen molar-refractivity contribution in [3.05, 3.63) is 46.6 Å². The van der Waals surface area contributed by atoms with Crippen LogP contribution in [0.25, 0.3) is 16.9 Å². The number of fused-ring (bicyclic) bond motifs is 1. The van der Waals surface area contributed by atoms with Crippen molar-refractivity contribution < 1.29 is 4.74 Å². The average molecular weight is 332 g/mol. The van der Waals surface area contributed by atoms with Crippen molar-refractivity contribution in [2.24, 2.45) is 0 Å². The number of ether oxygens (including phenoxy) is 1. The third-order valence-corrected chi connectivity index (χ3v) is 3.93. The zero-order valence-electron chi connectivity index (χ0n) is 11.2. The number of nitrogens with two attached hydrogens (primary N) is 1. The summed E-state index contributed by atoms with van der Waals surface area (Å²) in [5.41, 5.74) is 9.84. The molecular weight excluding hydrogens is 318 g/mol. The number of nitrogens with zero attached hydrogens (tertiary/aromatic N) is 2. The maximum absolute atomic E-state index is 6.21. The van der Waals surface area contributed by atoms with Crippen molar-refractivity contribution in [1.82, 2.24) is 9.38 Å². The second kappa shape index (κ2) is 4.83. The van der Waals surface area contributed by atoms with Crippen molar-refractivity contribution >= 4 is 27.4 Å². The van der Waals surface area contributed by atoms with Gasteiger partial charge in [0.15, 0.2) is 5.65 Å². The minimum Gasteiger partial charge on any atom is -0.496 e. The first kappa shape index (κ1) is 13.0. The summed E-state index contributed by atoms with van der Waals surface area (Å²) in [5, 5.41) is 0. The Morgan fingerprint density at radius 2 is 2.10 bits per heavy atom. The number of hydrogen-bond donors (Lipinski definition) is 1. The SMILES string of the molecule is COc1ccc(-c2nc3c(Br)cccn3c2N)cc1C. The fourth-order valence-electron chi connectivity index (χ4n) is 2.29. The van der Waals surface area contributed by atoms with E-state index in [1.807, 2.05) is 47.9 Å². The molecule has 3 aromatic rings. The van der Waals surface area contributed by atoms with Crippen LogP contribution in [0.4, 0.5) is 5.82 Å². The smallest absolute Gasteiger partial charge is 0.153 e. The van der Waals surface area contributed by atoms with E-state index in [2.05, 4.69) is 20.9 Å². The number of aryl methyl sites for hydroxylation is 1. The van der Waals surface area contributed by atoms with Gasteiger partial charge in [-0.2, -0.15) is 0 Å². The molecule has 20 heavy (non-hydrogen) atoms. The average Bonchev–Trinajstić information content (AvgIpc) is 2.78. The monoisotopic (exact) mass is 331 g/mol. The lowest BCUT2D eigenvalue weighted by molar-refractivity contribution is 0.412. The van der Waals surface area contributed by atoms with Crippen LogP contribution in [-0.2, 0) is 0 Å². The van der Waals surface area contributed by atoms with Gasteiger partial charge in [0, 0.05) is 11.8 Å². The van der Waals surface area contributed by atoms with Gasteiger partial charge in [0.2, 0.25) is 0 Å². The standard InChI is InChI=1S/C15H14BrN3O/c1-9-8-10(5-6-12(9)20-2)13-14(17)19-7-3-4-11(16)15(19)18-13/h3-8H,17H2,1-2H3. The highest BCUT2D eigenvalue weighted by Crippen LogP contribution is 2.31. The fourth-order valence-corrected chi connectivity index (χ4v) is 2.72. The molecule has 0 spiro atoms. The molecule has 102 valence electrons. The molecule has 2 aromatic heterocycles. The molecular formula is C15H14BrN3O. The van der Waals surface area contributed by atoms with E-state index in [1.165, 1.54) is 0 Å². The van der Waals surface area contributed by atoms with Gasteiger partial charge in [0.05, 0.1) is 11.6 Å². The summed E-state index contributed by atoms with van der Waals surface area (Å²) in [4.78, 5) is 4.63. The van der Waals surface area contributed by atoms with Gasteiger partial charge >= 0.3 is 0 Å². The zero-order chi connectivity index (χ0) is 14.3. The third-order valence-electron chi connectivity index (χ3n) is 3.31. The van der Waals surface area contributed by atoms with E-state index >= 15 is 0 Å². The molecule has 1 aromatic carbocycles. The number of anilines is 1. The quantitative estimate of drug-likeness (QED) is 0.779. The molecule has 2 heterocycles. The Morgan fingerprint density at radius 3 is 2.75 bits per heavy atom. The summed E-state index contributed by atoms with van der Waals surface area (Å²) in [6.45, 7) is 2.00. The molecule has 0 atom stereocenters. The van der Waals surface area contributed by atoms with Crippen molar-refractivity contribution in [2.45, 2.75) is 6.92 Å². The number of rotatable bonds is 2. The van der Waals surface area contributed by atoms with E-state index in [0.717, 1.165) is 32.7 Å². The van der Waals surface area contributed by atoms with Crippen LogP contribution >= 0.6 is 15.9 Å². The molecule has 0 unspecified atom stereocenters. The predicted octanol–water partition coefficient (Wildman–Crippen LogP) is 3.66. The van der Waals surface area contributed by atoms with Crippen LogP contribution in [0.2, 0.25) is 0 Å². The van der Waals surface area contributed by atoms with Crippen molar-refractivity contribution in [1.29, 1.82) is 0 Å². The van der Waals surface area contributed by atoms with E-state index in [9.17, 15) is 0 Å². The molecule has 0 bridgehead atoms. The highest BCUT2D eigenvalue weighted by atomic mass is 79.9. The number of methoxy groups -OCH3 is 1. The predicted molar refractivity (Wildman–Crippen MR) is 84.0 cm³/mol. The summed E-state index contributed by atoms with van der Waals surface area (Å²) >= 11 is 3.50. The number of aromatic nitrogens is 2. The van der Waals surface area contributed by atoms with Crippen LogP contribution in [0.1, 0.15) is 5.56 Å². The maximum atomic E-state index is 6.21. The van der Waals surface area contributed by atoms with Gasteiger partial charge in [-0.25, -0.2) is 4.98 Å². The molecule has 0 aliphatic rings. The van der Waals surface area contributed by atoms with Crippen molar-refractivity contribution in [2.75, 3.05) is 12.8 Å². The summed E-state index contributed by atoms with van der Waals surface area (Å²) in [5.74, 6) is 1.49. The largest absolute Gasteiger partial charge is 0.496 e. The minimum atomic E-state index is 0.630. The van der Waals surface area contributed by atoms with E-state index in [1.54, 1.807) is 7.11 Å². The Kier molecular flexibility index (Phi) is 3.14. The lowest BCUT2D eigenvalue weighted by Gasteiger charge is -2.06. The topological polar surface area (TPSA) is 52.5 Å². The molecule has 0 radical (unpaired) electrons. The molecule has 3 rings (SSSR count). The van der Waals surface area contributed by atoms with Gasteiger partial charge in [-0.15, -0.1) is 0 Å². The number of imidazole rings is 1. The lowest BCUT2D eigenvalue weighted by Crippen LogP contribution is -1.94. The Balaban J connectivity index is 2.22. The van der Waals surface area contributed by atoms with Gasteiger partial charge in [0.25, 0.3) is 0 Å². The van der Waals surface area contributed by atoms with Crippen LogP contribution in [0.3, 0.4) is 0 Å². The van der Waals surface area contributed by atoms with E-state index in [-0.39, 0.29) is 0 Å². The van der Waals surface area contributed by atoms with Gasteiger partial charge in [0.1, 0.15) is 17.3 Å². The number of benzene rings is 1.